The maximum atomic E-state index is 9.23. The van der Waals surface area contributed by atoms with Crippen molar-refractivity contribution in [3.05, 3.63) is 0 Å². The zero-order valence-electron chi connectivity index (χ0n) is 7.05. The first-order valence-corrected chi connectivity index (χ1v) is 3.36. The molecular weight excluding hydrogens is 132 g/mol. The summed E-state index contributed by atoms with van der Waals surface area (Å²) in [5, 5.41) is 9.23. The number of ether oxygens (including phenoxy) is 2. The van der Waals surface area contributed by atoms with Crippen LogP contribution in [0.2, 0.25) is 0 Å². The Morgan fingerprint density at radius 2 is 2.00 bits per heavy atom. The second-order valence-corrected chi connectivity index (χ2v) is 2.46. The lowest BCUT2D eigenvalue weighted by molar-refractivity contribution is -0.205. The van der Waals surface area contributed by atoms with Crippen LogP contribution < -0.4 is 0 Å². The summed E-state index contributed by atoms with van der Waals surface area (Å²) in [6.45, 7) is 3.74. The Bertz CT molecular complexity index is 88.9. The van der Waals surface area contributed by atoms with E-state index in [4.69, 9.17) is 9.47 Å². The number of hydrogen-bond donors (Lipinski definition) is 1. The van der Waals surface area contributed by atoms with Gasteiger partial charge in [0.1, 0.15) is 5.60 Å². The highest BCUT2D eigenvalue weighted by atomic mass is 16.6. The van der Waals surface area contributed by atoms with Crippen LogP contribution >= 0.6 is 0 Å². The number of rotatable bonds is 4. The molecule has 0 saturated carbocycles. The maximum Gasteiger partial charge on any atom is 0.183 e. The summed E-state index contributed by atoms with van der Waals surface area (Å²) < 4.78 is 9.79. The van der Waals surface area contributed by atoms with Gasteiger partial charge in [-0.3, -0.25) is 0 Å². The van der Waals surface area contributed by atoms with Gasteiger partial charge in [0.15, 0.2) is 6.29 Å². The molecule has 0 saturated heterocycles. The highest BCUT2D eigenvalue weighted by molar-refractivity contribution is 4.75. The Morgan fingerprint density at radius 3 is 2.10 bits per heavy atom. The molecular formula is C7H16O3. The molecule has 0 amide bonds. The van der Waals surface area contributed by atoms with Crippen LogP contribution in [0, 0.1) is 0 Å². The van der Waals surface area contributed by atoms with E-state index in [1.807, 2.05) is 6.92 Å². The molecule has 0 aliphatic rings. The summed E-state index contributed by atoms with van der Waals surface area (Å²) in [5.74, 6) is 0. The highest BCUT2D eigenvalue weighted by Gasteiger charge is 2.30. The van der Waals surface area contributed by atoms with Crippen molar-refractivity contribution in [2.24, 2.45) is 0 Å². The van der Waals surface area contributed by atoms with E-state index < -0.39 is 11.9 Å². The molecule has 0 spiro atoms. The summed E-state index contributed by atoms with van der Waals surface area (Å²) in [6.07, 6.45) is -0.124. The van der Waals surface area contributed by atoms with Crippen molar-refractivity contribution in [3.63, 3.8) is 0 Å². The van der Waals surface area contributed by atoms with Crippen LogP contribution in [0.1, 0.15) is 20.3 Å². The number of methoxy groups -OCH3 is 2. The Morgan fingerprint density at radius 1 is 1.50 bits per heavy atom. The van der Waals surface area contributed by atoms with Gasteiger partial charge in [0.25, 0.3) is 0 Å². The fourth-order valence-electron chi connectivity index (χ4n) is 0.669. The topological polar surface area (TPSA) is 38.7 Å². The third-order valence-corrected chi connectivity index (χ3v) is 1.91. The maximum absolute atomic E-state index is 9.23. The van der Waals surface area contributed by atoms with Gasteiger partial charge >= 0.3 is 0 Å². The molecule has 0 aromatic heterocycles. The molecule has 0 aliphatic heterocycles. The quantitative estimate of drug-likeness (QED) is 0.598. The Hall–Kier alpha value is -0.120. The van der Waals surface area contributed by atoms with E-state index in [0.717, 1.165) is 6.42 Å². The standard InChI is InChI=1S/C7H16O3/c1-5-7(2,10-4)6(8)9-3/h6,8H,5H2,1-4H3. The van der Waals surface area contributed by atoms with Gasteiger partial charge in [-0.25, -0.2) is 0 Å². The van der Waals surface area contributed by atoms with Crippen molar-refractivity contribution in [3.8, 4) is 0 Å². The summed E-state index contributed by atoms with van der Waals surface area (Å²) >= 11 is 0. The Labute approximate surface area is 62.0 Å². The Balaban J connectivity index is 4.02. The van der Waals surface area contributed by atoms with Gasteiger partial charge in [-0.15, -0.1) is 0 Å². The van der Waals surface area contributed by atoms with E-state index in [1.54, 1.807) is 14.0 Å². The Kier molecular flexibility index (Phi) is 3.86. The minimum atomic E-state index is -0.845. The van der Waals surface area contributed by atoms with Gasteiger partial charge < -0.3 is 14.6 Å². The zero-order valence-corrected chi connectivity index (χ0v) is 7.05. The SMILES string of the molecule is CCC(C)(OC)C(O)OC. The zero-order chi connectivity index (χ0) is 8.20. The predicted octanol–water partition coefficient (Wildman–Crippen LogP) is 0.766. The summed E-state index contributed by atoms with van der Waals surface area (Å²) in [6, 6.07) is 0. The molecule has 0 heterocycles. The number of aliphatic hydroxyl groups excluding tert-OH is 1. The van der Waals surface area contributed by atoms with Gasteiger partial charge in [-0.2, -0.15) is 0 Å². The van der Waals surface area contributed by atoms with E-state index in [1.165, 1.54) is 7.11 Å². The van der Waals surface area contributed by atoms with E-state index in [-0.39, 0.29) is 0 Å². The fourth-order valence-corrected chi connectivity index (χ4v) is 0.669. The minimum absolute atomic E-state index is 0.575. The first kappa shape index (κ1) is 9.88. The average Bonchev–Trinajstić information content (AvgIpc) is 2.01. The first-order chi connectivity index (χ1) is 4.60. The van der Waals surface area contributed by atoms with Gasteiger partial charge in [0.05, 0.1) is 0 Å². The average molecular weight is 148 g/mol. The molecule has 0 rings (SSSR count). The number of hydrogen-bond acceptors (Lipinski definition) is 3. The molecule has 0 fully saturated rings. The molecule has 0 aliphatic carbocycles. The van der Waals surface area contributed by atoms with Crippen molar-refractivity contribution in [2.75, 3.05) is 14.2 Å². The van der Waals surface area contributed by atoms with E-state index >= 15 is 0 Å². The van der Waals surface area contributed by atoms with Gasteiger partial charge in [-0.05, 0) is 13.3 Å². The molecule has 0 aromatic rings. The molecule has 3 heteroatoms. The summed E-state index contributed by atoms with van der Waals surface area (Å²) in [5.41, 5.74) is -0.575. The molecule has 2 unspecified atom stereocenters. The van der Waals surface area contributed by atoms with Crippen LogP contribution in [-0.4, -0.2) is 31.2 Å². The molecule has 1 N–H and O–H groups in total. The van der Waals surface area contributed by atoms with Crippen molar-refractivity contribution in [1.29, 1.82) is 0 Å². The second-order valence-electron chi connectivity index (χ2n) is 2.46. The largest absolute Gasteiger partial charge is 0.373 e. The van der Waals surface area contributed by atoms with Crippen LogP contribution in [0.3, 0.4) is 0 Å². The number of aliphatic hydroxyl groups is 1. The summed E-state index contributed by atoms with van der Waals surface area (Å²) in [4.78, 5) is 0. The highest BCUT2D eigenvalue weighted by Crippen LogP contribution is 2.18. The van der Waals surface area contributed by atoms with Gasteiger partial charge in [0, 0.05) is 14.2 Å². The smallest absolute Gasteiger partial charge is 0.183 e. The van der Waals surface area contributed by atoms with E-state index in [9.17, 15) is 5.11 Å². The monoisotopic (exact) mass is 148 g/mol. The van der Waals surface area contributed by atoms with Gasteiger partial charge in [0.2, 0.25) is 0 Å². The lowest BCUT2D eigenvalue weighted by Gasteiger charge is -2.30. The van der Waals surface area contributed by atoms with E-state index in [0.29, 0.717) is 0 Å². The van der Waals surface area contributed by atoms with Crippen molar-refractivity contribution < 1.29 is 14.6 Å². The molecule has 0 radical (unpaired) electrons. The fraction of sp³-hybridized carbons (Fsp3) is 1.00. The molecule has 62 valence electrons. The summed E-state index contributed by atoms with van der Waals surface area (Å²) in [7, 11) is 3.02. The van der Waals surface area contributed by atoms with Crippen molar-refractivity contribution >= 4 is 0 Å². The van der Waals surface area contributed by atoms with Crippen molar-refractivity contribution in [1.82, 2.24) is 0 Å². The lowest BCUT2D eigenvalue weighted by atomic mass is 10.0. The van der Waals surface area contributed by atoms with E-state index in [2.05, 4.69) is 0 Å². The molecule has 10 heavy (non-hydrogen) atoms. The first-order valence-electron chi connectivity index (χ1n) is 3.36. The molecule has 0 bridgehead atoms. The van der Waals surface area contributed by atoms with Gasteiger partial charge in [-0.1, -0.05) is 6.92 Å². The van der Waals surface area contributed by atoms with Crippen LogP contribution in [0.25, 0.3) is 0 Å². The lowest BCUT2D eigenvalue weighted by Crippen LogP contribution is -2.41. The van der Waals surface area contributed by atoms with Crippen LogP contribution in [-0.2, 0) is 9.47 Å². The van der Waals surface area contributed by atoms with Crippen LogP contribution in [0.5, 0.6) is 0 Å². The van der Waals surface area contributed by atoms with Crippen molar-refractivity contribution in [2.45, 2.75) is 32.2 Å². The predicted molar refractivity (Wildman–Crippen MR) is 38.7 cm³/mol. The second kappa shape index (κ2) is 3.91. The molecule has 3 nitrogen and oxygen atoms in total. The third-order valence-electron chi connectivity index (χ3n) is 1.91. The van der Waals surface area contributed by atoms with Crippen LogP contribution in [0.15, 0.2) is 0 Å². The normalized spacial score (nSPS) is 20.1. The molecule has 0 aromatic carbocycles. The minimum Gasteiger partial charge on any atom is -0.373 e. The third kappa shape index (κ3) is 1.94. The molecule has 2 atom stereocenters. The van der Waals surface area contributed by atoms with Crippen LogP contribution in [0.4, 0.5) is 0 Å².